The van der Waals surface area contributed by atoms with Crippen molar-refractivity contribution < 1.29 is 9.90 Å². The topological polar surface area (TPSA) is 76.2 Å². The molecule has 19 heavy (non-hydrogen) atoms. The Hall–Kier alpha value is -1.49. The second kappa shape index (κ2) is 5.25. The first kappa shape index (κ1) is 13.9. The summed E-state index contributed by atoms with van der Waals surface area (Å²) in [4.78, 5) is 14.9. The molecule has 0 spiro atoms. The smallest absolute Gasteiger partial charge is 0.354 e. The predicted molar refractivity (Wildman–Crippen MR) is 76.1 cm³/mol. The molecule has 2 aromatic rings. The van der Waals surface area contributed by atoms with Gasteiger partial charge in [-0.25, -0.2) is 9.78 Å². The third kappa shape index (κ3) is 2.61. The molecule has 1 heterocycles. The molecule has 0 aliphatic rings. The van der Waals surface area contributed by atoms with Gasteiger partial charge in [0.2, 0.25) is 0 Å². The van der Waals surface area contributed by atoms with Gasteiger partial charge in [-0.2, -0.15) is 0 Å². The number of aromatic nitrogens is 1. The highest BCUT2D eigenvalue weighted by atomic mass is 35.5. The van der Waals surface area contributed by atoms with E-state index in [1.807, 2.05) is 0 Å². The molecular formula is C12H7Cl3N2O2. The van der Waals surface area contributed by atoms with Crippen LogP contribution in [-0.2, 0) is 0 Å². The number of hydrogen-bond donors (Lipinski definition) is 2. The highest BCUT2D eigenvalue weighted by Gasteiger charge is 2.17. The van der Waals surface area contributed by atoms with Crippen LogP contribution in [0.3, 0.4) is 0 Å². The summed E-state index contributed by atoms with van der Waals surface area (Å²) in [5, 5.41) is 9.69. The van der Waals surface area contributed by atoms with E-state index in [4.69, 9.17) is 45.6 Å². The number of anilines is 1. The number of aromatic carboxylic acids is 1. The van der Waals surface area contributed by atoms with Crippen molar-refractivity contribution in [2.24, 2.45) is 0 Å². The molecule has 0 aliphatic heterocycles. The molecular weight excluding hydrogens is 311 g/mol. The molecule has 0 aliphatic carbocycles. The third-order valence-electron chi connectivity index (χ3n) is 2.43. The van der Waals surface area contributed by atoms with E-state index < -0.39 is 5.97 Å². The van der Waals surface area contributed by atoms with Gasteiger partial charge in [0, 0.05) is 5.56 Å². The van der Waals surface area contributed by atoms with E-state index in [2.05, 4.69) is 4.98 Å². The van der Waals surface area contributed by atoms with Gasteiger partial charge >= 0.3 is 5.97 Å². The molecule has 98 valence electrons. The Morgan fingerprint density at radius 2 is 1.74 bits per heavy atom. The summed E-state index contributed by atoms with van der Waals surface area (Å²) in [6, 6.07) is 5.81. The molecule has 0 amide bonds. The van der Waals surface area contributed by atoms with E-state index in [0.717, 1.165) is 0 Å². The number of benzene rings is 1. The van der Waals surface area contributed by atoms with Crippen LogP contribution >= 0.6 is 34.8 Å². The van der Waals surface area contributed by atoms with Crippen LogP contribution in [0.2, 0.25) is 15.1 Å². The van der Waals surface area contributed by atoms with Crippen LogP contribution in [0, 0.1) is 0 Å². The van der Waals surface area contributed by atoms with Crippen molar-refractivity contribution in [2.75, 3.05) is 5.73 Å². The summed E-state index contributed by atoms with van der Waals surface area (Å²) in [6.45, 7) is 0. The normalized spacial score (nSPS) is 10.5. The summed E-state index contributed by atoms with van der Waals surface area (Å²) in [5.41, 5.74) is 6.41. The summed E-state index contributed by atoms with van der Waals surface area (Å²) < 4.78 is 0. The van der Waals surface area contributed by atoms with Crippen LogP contribution in [0.5, 0.6) is 0 Å². The number of nitrogens with zero attached hydrogens (tertiary/aromatic N) is 1. The molecule has 0 unspecified atom stereocenters. The van der Waals surface area contributed by atoms with Gasteiger partial charge in [0.25, 0.3) is 0 Å². The Balaban J connectivity index is 2.75. The Morgan fingerprint density at radius 1 is 1.11 bits per heavy atom. The Morgan fingerprint density at radius 3 is 2.37 bits per heavy atom. The summed E-state index contributed by atoms with van der Waals surface area (Å²) in [6.07, 6.45) is 0. The molecule has 0 saturated carbocycles. The van der Waals surface area contributed by atoms with E-state index >= 15 is 0 Å². The van der Waals surface area contributed by atoms with Gasteiger partial charge in [-0.15, -0.1) is 0 Å². The van der Waals surface area contributed by atoms with Crippen LogP contribution in [0.1, 0.15) is 10.5 Å². The number of rotatable bonds is 2. The minimum Gasteiger partial charge on any atom is -0.477 e. The van der Waals surface area contributed by atoms with Crippen molar-refractivity contribution in [1.82, 2.24) is 4.98 Å². The molecule has 0 bridgehead atoms. The summed E-state index contributed by atoms with van der Waals surface area (Å²) >= 11 is 18.0. The maximum absolute atomic E-state index is 10.9. The number of carboxylic acid groups (broad SMARTS) is 1. The third-order valence-corrected chi connectivity index (χ3v) is 3.55. The maximum atomic E-state index is 10.9. The van der Waals surface area contributed by atoms with E-state index in [0.29, 0.717) is 5.56 Å². The molecule has 3 N–H and O–H groups in total. The Bertz CT molecular complexity index is 674. The van der Waals surface area contributed by atoms with Gasteiger partial charge < -0.3 is 10.8 Å². The molecule has 0 saturated heterocycles. The molecule has 0 atom stereocenters. The van der Waals surface area contributed by atoms with Crippen LogP contribution in [-0.4, -0.2) is 16.1 Å². The van der Waals surface area contributed by atoms with Gasteiger partial charge in [-0.05, 0) is 24.3 Å². The van der Waals surface area contributed by atoms with Crippen molar-refractivity contribution in [2.45, 2.75) is 0 Å². The van der Waals surface area contributed by atoms with Gasteiger partial charge in [0.05, 0.1) is 26.4 Å². The molecule has 1 aromatic carbocycles. The van der Waals surface area contributed by atoms with Gasteiger partial charge in [0.15, 0.2) is 0 Å². The van der Waals surface area contributed by atoms with E-state index in [9.17, 15) is 4.79 Å². The number of hydrogen-bond acceptors (Lipinski definition) is 3. The first-order valence-corrected chi connectivity index (χ1v) is 6.19. The molecule has 7 heteroatoms. The highest BCUT2D eigenvalue weighted by molar-refractivity contribution is 6.46. The molecule has 2 rings (SSSR count). The Labute approximate surface area is 123 Å². The monoisotopic (exact) mass is 316 g/mol. The number of halogens is 3. The first-order valence-electron chi connectivity index (χ1n) is 5.05. The number of carboxylic acids is 1. The van der Waals surface area contributed by atoms with Gasteiger partial charge in [-0.3, -0.25) is 0 Å². The van der Waals surface area contributed by atoms with Crippen molar-refractivity contribution in [3.8, 4) is 11.3 Å². The fourth-order valence-corrected chi connectivity index (χ4v) is 2.24. The average molecular weight is 318 g/mol. The SMILES string of the molecule is Nc1ccc(C(=O)O)nc1-c1c(Cl)ccc(Cl)c1Cl. The van der Waals surface area contributed by atoms with Crippen LogP contribution in [0.15, 0.2) is 24.3 Å². The quantitative estimate of drug-likeness (QED) is 0.821. The lowest BCUT2D eigenvalue weighted by molar-refractivity contribution is 0.0690. The van der Waals surface area contributed by atoms with Crippen LogP contribution < -0.4 is 5.73 Å². The fourth-order valence-electron chi connectivity index (χ4n) is 1.53. The average Bonchev–Trinajstić information content (AvgIpc) is 2.36. The van der Waals surface area contributed by atoms with Crippen molar-refractivity contribution in [1.29, 1.82) is 0 Å². The number of nitrogen functional groups attached to an aromatic ring is 1. The van der Waals surface area contributed by atoms with E-state index in [-0.39, 0.29) is 32.1 Å². The molecule has 0 radical (unpaired) electrons. The lowest BCUT2D eigenvalue weighted by Crippen LogP contribution is -2.04. The van der Waals surface area contributed by atoms with E-state index in [1.54, 1.807) is 6.07 Å². The lowest BCUT2D eigenvalue weighted by Gasteiger charge is -2.11. The van der Waals surface area contributed by atoms with E-state index in [1.165, 1.54) is 18.2 Å². The number of nitrogens with two attached hydrogens (primary N) is 1. The first-order chi connectivity index (χ1) is 8.91. The zero-order chi connectivity index (χ0) is 14.2. The lowest BCUT2D eigenvalue weighted by atomic mass is 10.1. The second-order valence-corrected chi connectivity index (χ2v) is 4.85. The summed E-state index contributed by atoms with van der Waals surface area (Å²) in [5.74, 6) is -1.17. The number of pyridine rings is 1. The summed E-state index contributed by atoms with van der Waals surface area (Å²) in [7, 11) is 0. The van der Waals surface area contributed by atoms with Crippen LogP contribution in [0.4, 0.5) is 5.69 Å². The zero-order valence-corrected chi connectivity index (χ0v) is 11.6. The highest BCUT2D eigenvalue weighted by Crippen LogP contribution is 2.40. The van der Waals surface area contributed by atoms with Gasteiger partial charge in [-0.1, -0.05) is 34.8 Å². The second-order valence-electron chi connectivity index (χ2n) is 3.66. The standard InChI is InChI=1S/C12H7Cl3N2O2/c13-5-1-2-6(14)10(15)9(5)11-7(16)3-4-8(17-11)12(18)19/h1-4H,16H2,(H,18,19). The molecule has 0 fully saturated rings. The maximum Gasteiger partial charge on any atom is 0.354 e. The minimum atomic E-state index is -1.17. The zero-order valence-electron chi connectivity index (χ0n) is 9.32. The van der Waals surface area contributed by atoms with Gasteiger partial charge in [0.1, 0.15) is 5.69 Å². The minimum absolute atomic E-state index is 0.156. The largest absolute Gasteiger partial charge is 0.477 e. The molecule has 4 nitrogen and oxygen atoms in total. The fraction of sp³-hybridized carbons (Fsp3) is 0. The van der Waals surface area contributed by atoms with Crippen molar-refractivity contribution in [3.05, 3.63) is 45.0 Å². The molecule has 1 aromatic heterocycles. The van der Waals surface area contributed by atoms with Crippen molar-refractivity contribution in [3.63, 3.8) is 0 Å². The Kier molecular flexibility index (Phi) is 3.85. The van der Waals surface area contributed by atoms with Crippen LogP contribution in [0.25, 0.3) is 11.3 Å². The number of carbonyl (C=O) groups is 1. The predicted octanol–water partition coefficient (Wildman–Crippen LogP) is 3.99. The van der Waals surface area contributed by atoms with Crippen molar-refractivity contribution >= 4 is 46.5 Å².